The van der Waals surface area contributed by atoms with Gasteiger partial charge in [-0.2, -0.15) is 18.4 Å². The topological polar surface area (TPSA) is 103 Å². The lowest BCUT2D eigenvalue weighted by molar-refractivity contribution is -0.192. The minimum Gasteiger partial charge on any atom is -0.475 e. The van der Waals surface area contributed by atoms with Gasteiger partial charge in [-0.15, -0.1) is 0 Å². The minimum atomic E-state index is -5.08. The Balaban J connectivity index is 0.000000360. The van der Waals surface area contributed by atoms with Crippen molar-refractivity contribution in [2.45, 2.75) is 56.6 Å². The van der Waals surface area contributed by atoms with Gasteiger partial charge in [0.15, 0.2) is 0 Å². The Hall–Kier alpha value is -2.71. The molecule has 0 unspecified atom stereocenters. The third-order valence-corrected chi connectivity index (χ3v) is 5.97. The van der Waals surface area contributed by atoms with Crippen LogP contribution in [-0.4, -0.2) is 59.4 Å². The maximum atomic E-state index is 13.5. The Kier molecular flexibility index (Phi) is 7.36. The van der Waals surface area contributed by atoms with E-state index in [4.69, 9.17) is 19.9 Å². The number of nitrogens with one attached hydrogen (secondary N) is 1. The van der Waals surface area contributed by atoms with Crippen molar-refractivity contribution in [1.29, 1.82) is 5.26 Å². The molecule has 1 aliphatic carbocycles. The number of nitriles is 1. The van der Waals surface area contributed by atoms with E-state index in [1.165, 1.54) is 12.5 Å². The number of rotatable bonds is 4. The van der Waals surface area contributed by atoms with Crippen LogP contribution >= 0.6 is 0 Å². The summed E-state index contributed by atoms with van der Waals surface area (Å²) in [5, 5.41) is 19.3. The number of likely N-dealkylation sites (tertiary alicyclic amines) is 1. The van der Waals surface area contributed by atoms with Crippen molar-refractivity contribution < 1.29 is 37.0 Å². The van der Waals surface area contributed by atoms with E-state index in [2.05, 4.69) is 10.2 Å². The van der Waals surface area contributed by atoms with Gasteiger partial charge in [0.2, 0.25) is 5.91 Å². The van der Waals surface area contributed by atoms with Crippen molar-refractivity contribution in [3.05, 3.63) is 35.1 Å². The highest BCUT2D eigenvalue weighted by Crippen LogP contribution is 2.35. The van der Waals surface area contributed by atoms with Crippen molar-refractivity contribution in [3.8, 4) is 6.07 Å². The second kappa shape index (κ2) is 9.83. The van der Waals surface area contributed by atoms with E-state index in [0.29, 0.717) is 25.7 Å². The predicted octanol–water partition coefficient (Wildman–Crippen LogP) is 2.59. The third-order valence-electron chi connectivity index (χ3n) is 5.97. The summed E-state index contributed by atoms with van der Waals surface area (Å²) in [6.07, 6.45) is -0.899. The summed E-state index contributed by atoms with van der Waals surface area (Å²) >= 11 is 0. The van der Waals surface area contributed by atoms with E-state index >= 15 is 0 Å². The number of nitrogens with zero attached hydrogens (tertiary/aromatic N) is 2. The number of carbonyl (C=O) groups excluding carboxylic acids is 1. The molecule has 1 amide bonds. The normalized spacial score (nSPS) is 25.2. The molecule has 3 fully saturated rings. The van der Waals surface area contributed by atoms with Crippen LogP contribution in [0.2, 0.25) is 0 Å². The maximum Gasteiger partial charge on any atom is 0.490 e. The molecular formula is C21H23F4N3O4. The van der Waals surface area contributed by atoms with Crippen molar-refractivity contribution in [2.75, 3.05) is 13.2 Å². The molecule has 1 aromatic carbocycles. The maximum absolute atomic E-state index is 13.5. The first-order valence-corrected chi connectivity index (χ1v) is 10.2. The van der Waals surface area contributed by atoms with Crippen LogP contribution in [0.15, 0.2) is 18.2 Å². The van der Waals surface area contributed by atoms with E-state index in [-0.39, 0.29) is 29.5 Å². The third kappa shape index (κ3) is 5.55. The van der Waals surface area contributed by atoms with Crippen LogP contribution in [-0.2, 0) is 20.9 Å². The number of halogens is 4. The largest absolute Gasteiger partial charge is 0.490 e. The average Bonchev–Trinajstić information content (AvgIpc) is 3.29. The van der Waals surface area contributed by atoms with Crippen LogP contribution in [0.5, 0.6) is 0 Å². The number of hydrogen-bond donors (Lipinski definition) is 2. The fourth-order valence-electron chi connectivity index (χ4n) is 4.13. The lowest BCUT2D eigenvalue weighted by Gasteiger charge is -2.28. The van der Waals surface area contributed by atoms with Gasteiger partial charge in [0.05, 0.1) is 17.6 Å². The average molecular weight is 457 g/mol. The number of carboxylic acid groups (broad SMARTS) is 1. The molecule has 7 nitrogen and oxygen atoms in total. The Labute approximate surface area is 181 Å². The number of hydrogen-bond acceptors (Lipinski definition) is 5. The predicted molar refractivity (Wildman–Crippen MR) is 103 cm³/mol. The van der Waals surface area contributed by atoms with E-state index in [1.807, 2.05) is 6.07 Å². The summed E-state index contributed by atoms with van der Waals surface area (Å²) in [7, 11) is 0. The number of ether oxygens (including phenoxy) is 1. The molecule has 3 aliphatic rings. The molecule has 11 heteroatoms. The van der Waals surface area contributed by atoms with E-state index in [0.717, 1.165) is 24.8 Å². The van der Waals surface area contributed by atoms with Gasteiger partial charge in [-0.1, -0.05) is 6.07 Å². The standard InChI is InChI=1S/C19H22FN3O2.C2HF3O2/c20-16-5-4-12(8-13(16)9-21)10-23-11-15(18-17(23)6-7-25-18)19(24)22-14-2-1-3-14;3-2(4,5)1(6)7/h4-5,8,14-15,17-18H,1-3,6-7,10-11H2,(H,22,24);(H,6,7)/t15-,17+,18+;/m0./s1. The van der Waals surface area contributed by atoms with Crippen molar-refractivity contribution in [3.63, 3.8) is 0 Å². The van der Waals surface area contributed by atoms with Crippen LogP contribution in [0.3, 0.4) is 0 Å². The summed E-state index contributed by atoms with van der Waals surface area (Å²) in [4.78, 5) is 23.8. The molecule has 2 heterocycles. The number of alkyl halides is 3. The molecular weight excluding hydrogens is 434 g/mol. The van der Waals surface area contributed by atoms with Gasteiger partial charge < -0.3 is 15.2 Å². The van der Waals surface area contributed by atoms with E-state index in [1.54, 1.807) is 12.1 Å². The van der Waals surface area contributed by atoms with Crippen molar-refractivity contribution in [2.24, 2.45) is 5.92 Å². The molecule has 2 N–H and O–H groups in total. The molecule has 3 atom stereocenters. The number of carboxylic acids is 1. The van der Waals surface area contributed by atoms with Gasteiger partial charge in [0.1, 0.15) is 11.9 Å². The highest BCUT2D eigenvalue weighted by atomic mass is 19.4. The molecule has 1 aromatic rings. The number of fused-ring (bicyclic) bond motifs is 1. The van der Waals surface area contributed by atoms with Gasteiger partial charge in [-0.3, -0.25) is 9.69 Å². The molecule has 2 aliphatic heterocycles. The number of carbonyl (C=O) groups is 2. The van der Waals surface area contributed by atoms with Crippen molar-refractivity contribution >= 4 is 11.9 Å². The molecule has 4 rings (SSSR count). The van der Waals surface area contributed by atoms with Gasteiger partial charge in [0, 0.05) is 31.8 Å². The van der Waals surface area contributed by atoms with Crippen LogP contribution in [0.25, 0.3) is 0 Å². The summed E-state index contributed by atoms with van der Waals surface area (Å²) in [5.74, 6) is -3.30. The molecule has 2 saturated heterocycles. The first kappa shape index (κ1) is 23.9. The highest BCUT2D eigenvalue weighted by molar-refractivity contribution is 5.80. The Morgan fingerprint density at radius 3 is 2.53 bits per heavy atom. The first-order valence-electron chi connectivity index (χ1n) is 10.2. The Morgan fingerprint density at radius 2 is 1.97 bits per heavy atom. The number of amides is 1. The van der Waals surface area contributed by atoms with Crippen LogP contribution in [0, 0.1) is 23.1 Å². The van der Waals surface area contributed by atoms with Gasteiger partial charge in [0.25, 0.3) is 0 Å². The number of benzene rings is 1. The van der Waals surface area contributed by atoms with Gasteiger partial charge >= 0.3 is 12.1 Å². The second-order valence-electron chi connectivity index (χ2n) is 8.09. The Morgan fingerprint density at radius 1 is 1.28 bits per heavy atom. The van der Waals surface area contributed by atoms with Crippen molar-refractivity contribution in [1.82, 2.24) is 10.2 Å². The minimum absolute atomic E-state index is 0.0593. The molecule has 0 aromatic heterocycles. The summed E-state index contributed by atoms with van der Waals surface area (Å²) < 4.78 is 51.1. The zero-order valence-electron chi connectivity index (χ0n) is 17.1. The summed E-state index contributed by atoms with van der Waals surface area (Å²) in [6, 6.07) is 7.08. The summed E-state index contributed by atoms with van der Waals surface area (Å²) in [6.45, 7) is 1.92. The molecule has 1 saturated carbocycles. The highest BCUT2D eigenvalue weighted by Gasteiger charge is 2.48. The van der Waals surface area contributed by atoms with Gasteiger partial charge in [-0.05, 0) is 43.4 Å². The SMILES string of the molecule is N#Cc1cc(CN2C[C@H](C(=O)NC3CCC3)[C@H]3OCC[C@H]32)ccc1F.O=C(O)C(F)(F)F. The van der Waals surface area contributed by atoms with Gasteiger partial charge in [-0.25, -0.2) is 9.18 Å². The lowest BCUT2D eigenvalue weighted by Crippen LogP contribution is -2.45. The zero-order valence-corrected chi connectivity index (χ0v) is 17.1. The quantitative estimate of drug-likeness (QED) is 0.674. The van der Waals surface area contributed by atoms with E-state index < -0.39 is 18.0 Å². The summed E-state index contributed by atoms with van der Waals surface area (Å²) in [5.41, 5.74) is 0.957. The van der Waals surface area contributed by atoms with Crippen LogP contribution in [0.1, 0.15) is 36.8 Å². The second-order valence-corrected chi connectivity index (χ2v) is 8.09. The zero-order chi connectivity index (χ0) is 23.5. The molecule has 0 spiro atoms. The smallest absolute Gasteiger partial charge is 0.475 e. The van der Waals surface area contributed by atoms with Crippen LogP contribution in [0.4, 0.5) is 17.6 Å². The molecule has 0 bridgehead atoms. The van der Waals surface area contributed by atoms with Crippen LogP contribution < -0.4 is 5.32 Å². The first-order chi connectivity index (χ1) is 15.1. The van der Waals surface area contributed by atoms with E-state index in [9.17, 15) is 22.4 Å². The fraction of sp³-hybridized carbons (Fsp3) is 0.571. The fourth-order valence-corrected chi connectivity index (χ4v) is 4.13. The molecule has 0 radical (unpaired) electrons. The monoisotopic (exact) mass is 457 g/mol. The lowest BCUT2D eigenvalue weighted by atomic mass is 9.92. The molecule has 32 heavy (non-hydrogen) atoms. The number of aliphatic carboxylic acids is 1. The Bertz CT molecular complexity index is 898. The molecule has 174 valence electrons.